The first-order chi connectivity index (χ1) is 8.01. The Morgan fingerprint density at radius 2 is 2.18 bits per heavy atom. The maximum Gasteiger partial charge on any atom is 0.317 e. The first kappa shape index (κ1) is 15.5. The summed E-state index contributed by atoms with van der Waals surface area (Å²) in [4.78, 5) is 13.5. The predicted molar refractivity (Wildman–Crippen MR) is 68.1 cm³/mol. The van der Waals surface area contributed by atoms with Crippen LogP contribution in [0.5, 0.6) is 0 Å². The summed E-state index contributed by atoms with van der Waals surface area (Å²) in [5.41, 5.74) is 5.39. The summed E-state index contributed by atoms with van der Waals surface area (Å²) in [6.45, 7) is 7.88. The van der Waals surface area contributed by atoms with Crippen molar-refractivity contribution in [1.29, 1.82) is 0 Å². The second-order valence-corrected chi connectivity index (χ2v) is 4.41. The van der Waals surface area contributed by atoms with Gasteiger partial charge in [0.1, 0.15) is 5.84 Å². The van der Waals surface area contributed by atoms with Crippen LogP contribution in [0.4, 0.5) is 4.79 Å². The maximum atomic E-state index is 11.8. The first-order valence-corrected chi connectivity index (χ1v) is 6.00. The lowest BCUT2D eigenvalue weighted by Gasteiger charge is -2.24. The number of hydrogen-bond acceptors (Lipinski definition) is 3. The molecule has 0 saturated heterocycles. The number of amidine groups is 1. The van der Waals surface area contributed by atoms with Crippen LogP contribution in [-0.2, 0) is 0 Å². The van der Waals surface area contributed by atoms with Gasteiger partial charge in [0.15, 0.2) is 0 Å². The monoisotopic (exact) mass is 244 g/mol. The van der Waals surface area contributed by atoms with Gasteiger partial charge in [-0.05, 0) is 12.3 Å². The summed E-state index contributed by atoms with van der Waals surface area (Å²) in [6, 6.07) is -0.0914. The molecule has 2 amide bonds. The normalized spacial score (nSPS) is 11.6. The smallest absolute Gasteiger partial charge is 0.317 e. The van der Waals surface area contributed by atoms with Crippen LogP contribution in [0.2, 0.25) is 0 Å². The number of nitrogens with zero attached hydrogens (tertiary/aromatic N) is 2. The lowest BCUT2D eigenvalue weighted by molar-refractivity contribution is 0.192. The van der Waals surface area contributed by atoms with E-state index in [1.165, 1.54) is 0 Å². The number of carbonyl (C=O) groups is 1. The SMILES string of the molecule is CCCNC(=O)N(CCC(N)=NO)CC(C)C. The van der Waals surface area contributed by atoms with Gasteiger partial charge in [0.05, 0.1) is 0 Å². The summed E-state index contributed by atoms with van der Waals surface area (Å²) in [6.07, 6.45) is 1.28. The van der Waals surface area contributed by atoms with Crippen LogP contribution in [0.15, 0.2) is 5.16 Å². The van der Waals surface area contributed by atoms with Crippen molar-refractivity contribution in [1.82, 2.24) is 10.2 Å². The molecule has 0 heterocycles. The minimum absolute atomic E-state index is 0.0914. The first-order valence-electron chi connectivity index (χ1n) is 6.00. The molecule has 6 nitrogen and oxygen atoms in total. The summed E-state index contributed by atoms with van der Waals surface area (Å²) in [5.74, 6) is 0.525. The predicted octanol–water partition coefficient (Wildman–Crippen LogP) is 1.20. The lowest BCUT2D eigenvalue weighted by Crippen LogP contribution is -2.43. The van der Waals surface area contributed by atoms with E-state index in [4.69, 9.17) is 10.9 Å². The number of hydrogen-bond donors (Lipinski definition) is 3. The van der Waals surface area contributed by atoms with Crippen LogP contribution in [-0.4, -0.2) is 41.6 Å². The highest BCUT2D eigenvalue weighted by molar-refractivity contribution is 5.80. The number of urea groups is 1. The number of oxime groups is 1. The van der Waals surface area contributed by atoms with Gasteiger partial charge >= 0.3 is 6.03 Å². The standard InChI is InChI=1S/C11H24N4O2/c1-4-6-13-11(16)15(8-9(2)3)7-5-10(12)14-17/h9,17H,4-8H2,1-3H3,(H2,12,14)(H,13,16). The van der Waals surface area contributed by atoms with E-state index in [-0.39, 0.29) is 11.9 Å². The Bertz CT molecular complexity index is 254. The van der Waals surface area contributed by atoms with Crippen molar-refractivity contribution >= 4 is 11.9 Å². The Kier molecular flexibility index (Phi) is 7.92. The lowest BCUT2D eigenvalue weighted by atomic mass is 10.2. The van der Waals surface area contributed by atoms with Gasteiger partial charge in [0, 0.05) is 26.1 Å². The molecule has 100 valence electrons. The van der Waals surface area contributed by atoms with E-state index in [2.05, 4.69) is 10.5 Å². The highest BCUT2D eigenvalue weighted by Crippen LogP contribution is 2.01. The van der Waals surface area contributed by atoms with Crippen molar-refractivity contribution in [2.45, 2.75) is 33.6 Å². The minimum atomic E-state index is -0.0914. The highest BCUT2D eigenvalue weighted by Gasteiger charge is 2.14. The van der Waals surface area contributed by atoms with Gasteiger partial charge in [-0.25, -0.2) is 4.79 Å². The molecule has 0 saturated carbocycles. The third-order valence-electron chi connectivity index (χ3n) is 2.17. The molecule has 17 heavy (non-hydrogen) atoms. The molecular weight excluding hydrogens is 220 g/mol. The van der Waals surface area contributed by atoms with Crippen LogP contribution >= 0.6 is 0 Å². The van der Waals surface area contributed by atoms with Crippen LogP contribution in [0, 0.1) is 5.92 Å². The molecule has 0 aliphatic heterocycles. The van der Waals surface area contributed by atoms with Crippen molar-refractivity contribution in [2.24, 2.45) is 16.8 Å². The van der Waals surface area contributed by atoms with Crippen molar-refractivity contribution in [3.8, 4) is 0 Å². The van der Waals surface area contributed by atoms with E-state index in [1.54, 1.807) is 4.90 Å². The molecule has 4 N–H and O–H groups in total. The van der Waals surface area contributed by atoms with Crippen LogP contribution in [0.1, 0.15) is 33.6 Å². The number of nitrogens with one attached hydrogen (secondary N) is 1. The summed E-state index contributed by atoms with van der Waals surface area (Å²) >= 11 is 0. The van der Waals surface area contributed by atoms with E-state index in [0.29, 0.717) is 32.0 Å². The molecule has 6 heteroatoms. The molecule has 0 aromatic heterocycles. The van der Waals surface area contributed by atoms with Gasteiger partial charge < -0.3 is 21.2 Å². The Labute approximate surface area is 103 Å². The van der Waals surface area contributed by atoms with E-state index >= 15 is 0 Å². The van der Waals surface area contributed by atoms with Gasteiger partial charge in [-0.15, -0.1) is 0 Å². The average molecular weight is 244 g/mol. The number of nitrogens with two attached hydrogens (primary N) is 1. The number of carbonyl (C=O) groups excluding carboxylic acids is 1. The topological polar surface area (TPSA) is 91.0 Å². The van der Waals surface area contributed by atoms with E-state index in [1.807, 2.05) is 20.8 Å². The van der Waals surface area contributed by atoms with Crippen molar-refractivity contribution in [2.75, 3.05) is 19.6 Å². The zero-order valence-corrected chi connectivity index (χ0v) is 10.9. The second kappa shape index (κ2) is 8.66. The van der Waals surface area contributed by atoms with Crippen molar-refractivity contribution in [3.05, 3.63) is 0 Å². The fraction of sp³-hybridized carbons (Fsp3) is 0.818. The van der Waals surface area contributed by atoms with Gasteiger partial charge in [-0.2, -0.15) is 0 Å². The van der Waals surface area contributed by atoms with Crippen molar-refractivity contribution in [3.63, 3.8) is 0 Å². The molecule has 0 fully saturated rings. The molecule has 0 spiro atoms. The average Bonchev–Trinajstić information content (AvgIpc) is 2.30. The molecule has 0 bridgehead atoms. The molecule has 0 aliphatic carbocycles. The Morgan fingerprint density at radius 3 is 2.65 bits per heavy atom. The largest absolute Gasteiger partial charge is 0.409 e. The maximum absolute atomic E-state index is 11.8. The summed E-state index contributed by atoms with van der Waals surface area (Å²) < 4.78 is 0. The Morgan fingerprint density at radius 1 is 1.53 bits per heavy atom. The molecule has 0 atom stereocenters. The van der Waals surface area contributed by atoms with Gasteiger partial charge in [0.2, 0.25) is 0 Å². The van der Waals surface area contributed by atoms with Crippen LogP contribution in [0.3, 0.4) is 0 Å². The van der Waals surface area contributed by atoms with Crippen LogP contribution in [0.25, 0.3) is 0 Å². The highest BCUT2D eigenvalue weighted by atomic mass is 16.4. The van der Waals surface area contributed by atoms with Gasteiger partial charge in [-0.1, -0.05) is 25.9 Å². The number of amides is 2. The quantitative estimate of drug-likeness (QED) is 0.272. The second-order valence-electron chi connectivity index (χ2n) is 4.41. The molecular formula is C11H24N4O2. The molecule has 0 rings (SSSR count). The zero-order chi connectivity index (χ0) is 13.3. The van der Waals surface area contributed by atoms with Gasteiger partial charge in [0.25, 0.3) is 0 Å². The fourth-order valence-electron chi connectivity index (χ4n) is 1.36. The summed E-state index contributed by atoms with van der Waals surface area (Å²) in [5, 5.41) is 14.2. The van der Waals surface area contributed by atoms with Gasteiger partial charge in [-0.3, -0.25) is 0 Å². The summed E-state index contributed by atoms with van der Waals surface area (Å²) in [7, 11) is 0. The van der Waals surface area contributed by atoms with Crippen molar-refractivity contribution < 1.29 is 10.0 Å². The van der Waals surface area contributed by atoms with E-state index in [9.17, 15) is 4.79 Å². The minimum Gasteiger partial charge on any atom is -0.409 e. The van der Waals surface area contributed by atoms with E-state index in [0.717, 1.165) is 6.42 Å². The molecule has 0 aromatic carbocycles. The number of rotatable bonds is 7. The van der Waals surface area contributed by atoms with E-state index < -0.39 is 0 Å². The zero-order valence-electron chi connectivity index (χ0n) is 10.9. The third-order valence-corrected chi connectivity index (χ3v) is 2.17. The molecule has 0 radical (unpaired) electrons. The molecule has 0 aromatic rings. The fourth-order valence-corrected chi connectivity index (χ4v) is 1.36. The third kappa shape index (κ3) is 7.43. The van der Waals surface area contributed by atoms with Crippen LogP contribution < -0.4 is 11.1 Å². The Hall–Kier alpha value is -1.46. The Balaban J connectivity index is 4.26. The molecule has 0 aliphatic rings. The molecule has 0 unspecified atom stereocenters.